The Morgan fingerprint density at radius 2 is 1.62 bits per heavy atom. The van der Waals surface area contributed by atoms with E-state index in [0.29, 0.717) is 28.0 Å². The second kappa shape index (κ2) is 10.1. The van der Waals surface area contributed by atoms with Crippen molar-refractivity contribution < 1.29 is 36.6 Å². The van der Waals surface area contributed by atoms with Crippen LogP contribution >= 0.6 is 0 Å². The number of alkyl halides is 3. The Bertz CT molecular complexity index is 1420. The van der Waals surface area contributed by atoms with Gasteiger partial charge in [-0.3, -0.25) is 0 Å². The van der Waals surface area contributed by atoms with Crippen molar-refractivity contribution in [3.05, 3.63) is 125 Å². The number of hydrogen-bond donors (Lipinski definition) is 0. The Balaban J connectivity index is 1.37. The highest BCUT2D eigenvalue weighted by molar-refractivity contribution is 5.97. The number of carbonyl (C=O) groups excluding carboxylic acids is 1. The molecule has 0 aliphatic carbocycles. The zero-order valence-corrected chi connectivity index (χ0v) is 19.3. The SMILES string of the molecule is O=C(OCc1cc(F)cc2c1OC(c1ccccc1)OC2)c1ccccc1-c1ccc(C(F)(F)F)cc1. The Morgan fingerprint density at radius 1 is 0.919 bits per heavy atom. The number of halogens is 4. The van der Waals surface area contributed by atoms with Gasteiger partial charge in [0.25, 0.3) is 0 Å². The summed E-state index contributed by atoms with van der Waals surface area (Å²) in [5.74, 6) is -0.856. The maximum atomic E-state index is 14.3. The summed E-state index contributed by atoms with van der Waals surface area (Å²) in [6.07, 6.45) is -5.16. The van der Waals surface area contributed by atoms with Crippen LogP contribution in [0, 0.1) is 5.82 Å². The number of benzene rings is 4. The molecule has 1 atom stereocenters. The van der Waals surface area contributed by atoms with Crippen molar-refractivity contribution in [3.8, 4) is 16.9 Å². The van der Waals surface area contributed by atoms with Gasteiger partial charge in [0.05, 0.1) is 17.7 Å². The van der Waals surface area contributed by atoms with Gasteiger partial charge >= 0.3 is 12.1 Å². The average Bonchev–Trinajstić information content (AvgIpc) is 2.91. The summed E-state index contributed by atoms with van der Waals surface area (Å²) in [4.78, 5) is 13.0. The van der Waals surface area contributed by atoms with Crippen molar-refractivity contribution in [1.29, 1.82) is 0 Å². The number of esters is 1. The number of ether oxygens (including phenoxy) is 3. The molecule has 0 fully saturated rings. The third-order valence-electron chi connectivity index (χ3n) is 5.92. The minimum Gasteiger partial charge on any atom is -0.460 e. The van der Waals surface area contributed by atoms with Crippen molar-refractivity contribution >= 4 is 5.97 Å². The van der Waals surface area contributed by atoms with Gasteiger partial charge in [0.2, 0.25) is 6.29 Å². The lowest BCUT2D eigenvalue weighted by Gasteiger charge is -2.28. The monoisotopic (exact) mass is 508 g/mol. The smallest absolute Gasteiger partial charge is 0.416 e. The van der Waals surface area contributed by atoms with Gasteiger partial charge in [0.1, 0.15) is 18.2 Å². The highest BCUT2D eigenvalue weighted by Gasteiger charge is 2.30. The minimum absolute atomic E-state index is 0.115. The first-order valence-electron chi connectivity index (χ1n) is 11.4. The van der Waals surface area contributed by atoms with E-state index in [1.807, 2.05) is 30.3 Å². The van der Waals surface area contributed by atoms with Crippen LogP contribution in [0.1, 0.15) is 38.9 Å². The normalized spacial score (nSPS) is 15.0. The first-order valence-corrected chi connectivity index (χ1v) is 11.4. The second-order valence-corrected chi connectivity index (χ2v) is 8.42. The van der Waals surface area contributed by atoms with Gasteiger partial charge in [-0.25, -0.2) is 9.18 Å². The van der Waals surface area contributed by atoms with Crippen LogP contribution in [0.15, 0.2) is 91.0 Å². The molecule has 4 nitrogen and oxygen atoms in total. The Hall–Kier alpha value is -4.17. The Labute approximate surface area is 210 Å². The van der Waals surface area contributed by atoms with E-state index in [1.165, 1.54) is 30.3 Å². The number of carbonyl (C=O) groups is 1. The lowest BCUT2D eigenvalue weighted by Crippen LogP contribution is -2.20. The molecule has 0 aromatic heterocycles. The van der Waals surface area contributed by atoms with Gasteiger partial charge in [-0.15, -0.1) is 0 Å². The third-order valence-corrected chi connectivity index (χ3v) is 5.92. The molecule has 0 saturated heterocycles. The van der Waals surface area contributed by atoms with Gasteiger partial charge in [-0.2, -0.15) is 13.2 Å². The van der Waals surface area contributed by atoms with Gasteiger partial charge < -0.3 is 14.2 Å². The molecule has 0 saturated carbocycles. The highest BCUT2D eigenvalue weighted by atomic mass is 19.4. The molecule has 1 heterocycles. The third kappa shape index (κ3) is 5.34. The van der Waals surface area contributed by atoms with E-state index in [1.54, 1.807) is 18.2 Å². The second-order valence-electron chi connectivity index (χ2n) is 8.42. The topological polar surface area (TPSA) is 44.8 Å². The fourth-order valence-electron chi connectivity index (χ4n) is 4.13. The quantitative estimate of drug-likeness (QED) is 0.207. The molecule has 0 amide bonds. The molecule has 1 aliphatic rings. The Kier molecular flexibility index (Phi) is 6.67. The maximum absolute atomic E-state index is 14.3. The van der Waals surface area contributed by atoms with E-state index in [-0.39, 0.29) is 18.8 Å². The van der Waals surface area contributed by atoms with E-state index in [9.17, 15) is 22.4 Å². The molecule has 1 unspecified atom stereocenters. The predicted octanol–water partition coefficient (Wildman–Crippen LogP) is 7.48. The van der Waals surface area contributed by atoms with E-state index in [0.717, 1.165) is 17.7 Å². The van der Waals surface area contributed by atoms with Crippen LogP contribution in [-0.4, -0.2) is 5.97 Å². The van der Waals surface area contributed by atoms with Gasteiger partial charge in [-0.05, 0) is 41.5 Å². The van der Waals surface area contributed by atoms with Gasteiger partial charge in [0.15, 0.2) is 0 Å². The van der Waals surface area contributed by atoms with Crippen LogP contribution in [0.25, 0.3) is 11.1 Å². The van der Waals surface area contributed by atoms with Crippen molar-refractivity contribution in [1.82, 2.24) is 0 Å². The standard InChI is InChI=1S/C29H20F4O4/c30-23-14-20(26-21(15-23)17-36-28(37-26)19-6-2-1-3-7-19)16-35-27(34)25-9-5-4-8-24(25)18-10-12-22(13-11-18)29(31,32)33/h1-15,28H,16-17H2. The zero-order chi connectivity index (χ0) is 26.0. The lowest BCUT2D eigenvalue weighted by atomic mass is 9.98. The number of fused-ring (bicyclic) bond motifs is 1. The summed E-state index contributed by atoms with van der Waals surface area (Å²) in [7, 11) is 0. The van der Waals surface area contributed by atoms with Crippen molar-refractivity contribution in [2.24, 2.45) is 0 Å². The van der Waals surface area contributed by atoms with Crippen LogP contribution in [0.5, 0.6) is 5.75 Å². The van der Waals surface area contributed by atoms with E-state index in [4.69, 9.17) is 14.2 Å². The van der Waals surface area contributed by atoms with E-state index in [2.05, 4.69) is 0 Å². The molecular formula is C29H20F4O4. The number of hydrogen-bond acceptors (Lipinski definition) is 4. The molecule has 1 aliphatic heterocycles. The molecule has 0 N–H and O–H groups in total. The molecule has 37 heavy (non-hydrogen) atoms. The summed E-state index contributed by atoms with van der Waals surface area (Å²) in [6.45, 7) is -0.161. The Morgan fingerprint density at radius 3 is 2.35 bits per heavy atom. The molecule has 4 aromatic rings. The fourth-order valence-corrected chi connectivity index (χ4v) is 4.13. The first-order chi connectivity index (χ1) is 17.8. The fraction of sp³-hybridized carbons (Fsp3) is 0.138. The predicted molar refractivity (Wildman–Crippen MR) is 127 cm³/mol. The van der Waals surface area contributed by atoms with Crippen molar-refractivity contribution in [2.75, 3.05) is 0 Å². The highest BCUT2D eigenvalue weighted by Crippen LogP contribution is 2.37. The molecular weight excluding hydrogens is 488 g/mol. The minimum atomic E-state index is -4.46. The summed E-state index contributed by atoms with van der Waals surface area (Å²) >= 11 is 0. The molecule has 4 aromatic carbocycles. The van der Waals surface area contributed by atoms with Crippen molar-refractivity contribution in [2.45, 2.75) is 25.7 Å². The van der Waals surface area contributed by atoms with Crippen LogP contribution in [-0.2, 0) is 28.9 Å². The molecule has 5 rings (SSSR count). The number of rotatable bonds is 5. The van der Waals surface area contributed by atoms with Crippen molar-refractivity contribution in [3.63, 3.8) is 0 Å². The van der Waals surface area contributed by atoms with E-state index >= 15 is 0 Å². The first kappa shape index (κ1) is 24.5. The van der Waals surface area contributed by atoms with Gasteiger partial charge in [-0.1, -0.05) is 60.7 Å². The van der Waals surface area contributed by atoms with Crippen LogP contribution in [0.4, 0.5) is 17.6 Å². The van der Waals surface area contributed by atoms with Gasteiger partial charge in [0, 0.05) is 16.7 Å². The molecule has 8 heteroatoms. The zero-order valence-electron chi connectivity index (χ0n) is 19.3. The largest absolute Gasteiger partial charge is 0.460 e. The summed E-state index contributed by atoms with van der Waals surface area (Å²) in [5.41, 5.74) is 1.82. The summed E-state index contributed by atoms with van der Waals surface area (Å²) in [5, 5.41) is 0. The molecule has 0 radical (unpaired) electrons. The molecule has 188 valence electrons. The molecule has 0 spiro atoms. The lowest BCUT2D eigenvalue weighted by molar-refractivity contribution is -0.137. The molecule has 0 bridgehead atoms. The van der Waals surface area contributed by atoms with Crippen LogP contribution in [0.2, 0.25) is 0 Å². The van der Waals surface area contributed by atoms with Crippen LogP contribution in [0.3, 0.4) is 0 Å². The van der Waals surface area contributed by atoms with Crippen LogP contribution < -0.4 is 4.74 Å². The average molecular weight is 508 g/mol. The maximum Gasteiger partial charge on any atom is 0.416 e. The summed E-state index contributed by atoms with van der Waals surface area (Å²) in [6, 6.07) is 22.7. The van der Waals surface area contributed by atoms with E-state index < -0.39 is 29.8 Å². The summed E-state index contributed by atoms with van der Waals surface area (Å²) < 4.78 is 70.4.